The van der Waals surface area contributed by atoms with Crippen LogP contribution < -0.4 is 11.1 Å². The van der Waals surface area contributed by atoms with Crippen molar-refractivity contribution >= 4 is 0 Å². The van der Waals surface area contributed by atoms with Crippen LogP contribution in [0.4, 0.5) is 0 Å². The molecule has 0 aromatic heterocycles. The molecule has 0 bridgehead atoms. The van der Waals surface area contributed by atoms with Crippen LogP contribution in [0, 0.1) is 17.8 Å². The van der Waals surface area contributed by atoms with E-state index in [0.29, 0.717) is 6.04 Å². The summed E-state index contributed by atoms with van der Waals surface area (Å²) in [5, 5.41) is 3.81. The molecule has 0 aliphatic heterocycles. The molecule has 92 valence electrons. The lowest BCUT2D eigenvalue weighted by Crippen LogP contribution is -2.41. The van der Waals surface area contributed by atoms with E-state index in [1.165, 1.54) is 57.9 Å². The Kier molecular flexibility index (Phi) is 3.21. The molecule has 0 spiro atoms. The maximum absolute atomic E-state index is 6.04. The molecule has 16 heavy (non-hydrogen) atoms. The van der Waals surface area contributed by atoms with Crippen LogP contribution >= 0.6 is 0 Å². The van der Waals surface area contributed by atoms with E-state index in [4.69, 9.17) is 5.73 Å². The molecule has 0 aromatic carbocycles. The summed E-state index contributed by atoms with van der Waals surface area (Å²) in [6.07, 6.45) is 11.2. The molecule has 0 aromatic rings. The zero-order valence-corrected chi connectivity index (χ0v) is 10.3. The van der Waals surface area contributed by atoms with Gasteiger partial charge in [-0.05, 0) is 69.2 Å². The van der Waals surface area contributed by atoms with Crippen molar-refractivity contribution in [1.29, 1.82) is 0 Å². The van der Waals surface area contributed by atoms with Crippen molar-refractivity contribution in [2.24, 2.45) is 23.5 Å². The van der Waals surface area contributed by atoms with Crippen LogP contribution in [0.1, 0.15) is 51.4 Å². The first-order valence-electron chi connectivity index (χ1n) is 7.32. The largest absolute Gasteiger partial charge is 0.328 e. The molecule has 2 nitrogen and oxygen atoms in total. The lowest BCUT2D eigenvalue weighted by atomic mass is 9.90. The maximum Gasteiger partial charge on any atom is 0.00819 e. The summed E-state index contributed by atoms with van der Waals surface area (Å²) in [7, 11) is 0. The predicted molar refractivity (Wildman–Crippen MR) is 67.2 cm³/mol. The second-order valence-corrected chi connectivity index (χ2v) is 6.37. The van der Waals surface area contributed by atoms with Gasteiger partial charge < -0.3 is 11.1 Å². The van der Waals surface area contributed by atoms with Crippen molar-refractivity contribution < 1.29 is 0 Å². The van der Waals surface area contributed by atoms with Crippen molar-refractivity contribution in [3.8, 4) is 0 Å². The van der Waals surface area contributed by atoms with Crippen LogP contribution in [0.2, 0.25) is 0 Å². The molecule has 0 amide bonds. The van der Waals surface area contributed by atoms with Gasteiger partial charge in [-0.2, -0.15) is 0 Å². The number of rotatable bonds is 5. The molecular weight excluding hydrogens is 196 g/mol. The molecule has 3 aliphatic rings. The van der Waals surface area contributed by atoms with Gasteiger partial charge in [0.1, 0.15) is 0 Å². The van der Waals surface area contributed by atoms with E-state index >= 15 is 0 Å². The number of nitrogens with one attached hydrogen (secondary N) is 1. The highest BCUT2D eigenvalue weighted by Crippen LogP contribution is 2.48. The minimum atomic E-state index is 0.464. The third-order valence-electron chi connectivity index (χ3n) is 4.81. The summed E-state index contributed by atoms with van der Waals surface area (Å²) < 4.78 is 0. The zero-order chi connectivity index (χ0) is 11.0. The second-order valence-electron chi connectivity index (χ2n) is 6.37. The van der Waals surface area contributed by atoms with Crippen LogP contribution in [-0.2, 0) is 0 Å². The Balaban J connectivity index is 1.43. The van der Waals surface area contributed by atoms with Gasteiger partial charge in [0.2, 0.25) is 0 Å². The average Bonchev–Trinajstić information content (AvgIpc) is 3.13. The number of hydrogen-bond acceptors (Lipinski definition) is 2. The zero-order valence-electron chi connectivity index (χ0n) is 10.3. The van der Waals surface area contributed by atoms with E-state index in [-0.39, 0.29) is 0 Å². The maximum atomic E-state index is 6.04. The lowest BCUT2D eigenvalue weighted by Gasteiger charge is -2.29. The van der Waals surface area contributed by atoms with Gasteiger partial charge in [-0.25, -0.2) is 0 Å². The van der Waals surface area contributed by atoms with E-state index in [2.05, 4.69) is 5.32 Å². The van der Waals surface area contributed by atoms with Gasteiger partial charge in [0.25, 0.3) is 0 Å². The molecule has 3 saturated carbocycles. The Morgan fingerprint density at radius 2 is 1.69 bits per heavy atom. The quantitative estimate of drug-likeness (QED) is 0.749. The Morgan fingerprint density at radius 1 is 1.00 bits per heavy atom. The third-order valence-corrected chi connectivity index (χ3v) is 4.81. The van der Waals surface area contributed by atoms with Gasteiger partial charge in [-0.15, -0.1) is 0 Å². The van der Waals surface area contributed by atoms with E-state index in [1.54, 1.807) is 0 Å². The highest BCUT2D eigenvalue weighted by molar-refractivity contribution is 4.93. The molecule has 0 heterocycles. The van der Waals surface area contributed by atoms with Gasteiger partial charge in [-0.3, -0.25) is 0 Å². The summed E-state index contributed by atoms with van der Waals surface area (Å²) >= 11 is 0. The summed E-state index contributed by atoms with van der Waals surface area (Å²) in [6, 6.07) is 1.19. The fraction of sp³-hybridized carbons (Fsp3) is 1.00. The highest BCUT2D eigenvalue weighted by Gasteiger charge is 2.41. The molecule has 2 unspecified atom stereocenters. The summed E-state index contributed by atoms with van der Waals surface area (Å²) in [5.41, 5.74) is 6.04. The van der Waals surface area contributed by atoms with E-state index in [1.807, 2.05) is 0 Å². The van der Waals surface area contributed by atoms with Gasteiger partial charge in [0, 0.05) is 12.1 Å². The molecular formula is C14H26N2. The molecule has 0 saturated heterocycles. The molecule has 0 radical (unpaired) electrons. The van der Waals surface area contributed by atoms with Crippen molar-refractivity contribution in [2.75, 3.05) is 6.54 Å². The van der Waals surface area contributed by atoms with Crippen LogP contribution in [0.25, 0.3) is 0 Å². The molecule has 3 N–H and O–H groups in total. The lowest BCUT2D eigenvalue weighted by molar-refractivity contribution is 0.297. The average molecular weight is 222 g/mol. The first-order chi connectivity index (χ1) is 7.83. The van der Waals surface area contributed by atoms with E-state index in [9.17, 15) is 0 Å². The molecule has 3 rings (SSSR count). The van der Waals surface area contributed by atoms with Gasteiger partial charge in [0.05, 0.1) is 0 Å². The van der Waals surface area contributed by atoms with Crippen molar-refractivity contribution in [2.45, 2.75) is 63.5 Å². The molecule has 2 heteroatoms. The monoisotopic (exact) mass is 222 g/mol. The van der Waals surface area contributed by atoms with E-state index < -0.39 is 0 Å². The normalized spacial score (nSPS) is 35.6. The summed E-state index contributed by atoms with van der Waals surface area (Å²) in [4.78, 5) is 0. The SMILES string of the molecule is NC1CCCC(NCC(C2CC2)C2CC2)C1. The highest BCUT2D eigenvalue weighted by atomic mass is 14.9. The minimum absolute atomic E-state index is 0.464. The first kappa shape index (κ1) is 11.0. The Labute approximate surface area is 99.4 Å². The van der Waals surface area contributed by atoms with Crippen LogP contribution in [0.15, 0.2) is 0 Å². The second kappa shape index (κ2) is 4.66. The van der Waals surface area contributed by atoms with Crippen LogP contribution in [0.5, 0.6) is 0 Å². The summed E-state index contributed by atoms with van der Waals surface area (Å²) in [5.74, 6) is 3.17. The minimum Gasteiger partial charge on any atom is -0.328 e. The van der Waals surface area contributed by atoms with Crippen molar-refractivity contribution in [3.63, 3.8) is 0 Å². The smallest absolute Gasteiger partial charge is 0.00819 e. The topological polar surface area (TPSA) is 38.0 Å². The van der Waals surface area contributed by atoms with E-state index in [0.717, 1.165) is 23.8 Å². The Bertz CT molecular complexity index is 221. The Morgan fingerprint density at radius 3 is 2.25 bits per heavy atom. The molecule has 3 aliphatic carbocycles. The van der Waals surface area contributed by atoms with Crippen molar-refractivity contribution in [3.05, 3.63) is 0 Å². The summed E-state index contributed by atoms with van der Waals surface area (Å²) in [6.45, 7) is 1.28. The van der Waals surface area contributed by atoms with Crippen LogP contribution in [-0.4, -0.2) is 18.6 Å². The van der Waals surface area contributed by atoms with Crippen molar-refractivity contribution in [1.82, 2.24) is 5.32 Å². The van der Waals surface area contributed by atoms with Gasteiger partial charge in [-0.1, -0.05) is 6.42 Å². The predicted octanol–water partition coefficient (Wildman–Crippen LogP) is 2.28. The molecule has 2 atom stereocenters. The standard InChI is InChI=1S/C14H26N2/c15-12-2-1-3-13(8-12)16-9-14(10-4-5-10)11-6-7-11/h10-14,16H,1-9,15H2. The fourth-order valence-corrected chi connectivity index (χ4v) is 3.48. The number of nitrogens with two attached hydrogens (primary N) is 1. The third kappa shape index (κ3) is 2.78. The van der Waals surface area contributed by atoms with Crippen LogP contribution in [0.3, 0.4) is 0 Å². The fourth-order valence-electron chi connectivity index (χ4n) is 3.48. The molecule has 3 fully saturated rings. The first-order valence-corrected chi connectivity index (χ1v) is 7.32. The number of hydrogen-bond donors (Lipinski definition) is 2. The Hall–Kier alpha value is -0.0800. The van der Waals surface area contributed by atoms with Gasteiger partial charge in [0.15, 0.2) is 0 Å². The van der Waals surface area contributed by atoms with Gasteiger partial charge >= 0.3 is 0 Å².